The zero-order valence-corrected chi connectivity index (χ0v) is 25.0. The third-order valence-corrected chi connectivity index (χ3v) is 8.77. The molecule has 0 amide bonds. The highest BCUT2D eigenvalue weighted by atomic mass is 16.7. The van der Waals surface area contributed by atoms with Gasteiger partial charge >= 0.3 is 0 Å². The topological polar surface area (TPSA) is 195 Å². The summed E-state index contributed by atoms with van der Waals surface area (Å²) in [6.45, 7) is 5.16. The maximum Gasteiger partial charge on any atom is 0.202 e. The molecule has 2 aromatic carbocycles. The molecular formula is C32H39NO11. The second kappa shape index (κ2) is 12.5. The SMILES string of the molecule is CCCCCOCOc1cccc2c1C(=O)c1c(O)c3c(c(O)c1C2=O)C[C@@](O)(C(C)=O)C[C@@H]3OC1CC(N)C(O)C(C)O1. The Morgan fingerprint density at radius 1 is 1.11 bits per heavy atom. The number of aromatic hydroxyl groups is 2. The standard InChI is InChI=1S/C32H39NO11/c1-4-5-6-10-41-14-42-20-9-7-8-17-23(20)30(38)26-25(28(17)36)29(37)18-12-32(40,16(3)34)13-21(24(18)31(26)39)44-22-11-19(33)27(35)15(2)43-22/h7-9,15,19,21-22,27,35,37,39-40H,4-6,10-14,33H2,1-3H3/t15?,19?,21-,22?,27?,32-/m0/s1. The number of hydrogen-bond acceptors (Lipinski definition) is 12. The van der Waals surface area contributed by atoms with Crippen molar-refractivity contribution in [1.29, 1.82) is 0 Å². The Morgan fingerprint density at radius 2 is 1.84 bits per heavy atom. The highest BCUT2D eigenvalue weighted by Gasteiger charge is 2.49. The summed E-state index contributed by atoms with van der Waals surface area (Å²) >= 11 is 0. The van der Waals surface area contributed by atoms with Crippen molar-refractivity contribution in [1.82, 2.24) is 0 Å². The zero-order chi connectivity index (χ0) is 31.9. The molecule has 2 aliphatic carbocycles. The molecule has 1 fully saturated rings. The number of ketones is 3. The Kier molecular flexibility index (Phi) is 9.13. The first kappa shape index (κ1) is 32.0. The summed E-state index contributed by atoms with van der Waals surface area (Å²) < 4.78 is 23.1. The number of carbonyl (C=O) groups is 3. The van der Waals surface area contributed by atoms with Crippen LogP contribution in [0.2, 0.25) is 0 Å². The lowest BCUT2D eigenvalue weighted by molar-refractivity contribution is -0.247. The van der Waals surface area contributed by atoms with E-state index in [1.165, 1.54) is 25.1 Å². The van der Waals surface area contributed by atoms with Crippen LogP contribution in [0.4, 0.5) is 0 Å². The zero-order valence-electron chi connectivity index (χ0n) is 25.0. The molecule has 0 saturated carbocycles. The fraction of sp³-hybridized carbons (Fsp3) is 0.531. The molecule has 4 unspecified atom stereocenters. The molecule has 6 atom stereocenters. The third-order valence-electron chi connectivity index (χ3n) is 8.77. The summed E-state index contributed by atoms with van der Waals surface area (Å²) in [5.74, 6) is -3.30. The van der Waals surface area contributed by atoms with E-state index in [9.17, 15) is 34.8 Å². The first-order valence-electron chi connectivity index (χ1n) is 14.9. The van der Waals surface area contributed by atoms with Crippen LogP contribution in [0.15, 0.2) is 18.2 Å². The Hall–Kier alpha value is -3.39. The van der Waals surface area contributed by atoms with Gasteiger partial charge in [0.1, 0.15) is 22.8 Å². The molecule has 0 spiro atoms. The van der Waals surface area contributed by atoms with Crippen molar-refractivity contribution in [2.24, 2.45) is 5.73 Å². The lowest BCUT2D eigenvalue weighted by Crippen LogP contribution is -2.52. The normalized spacial score (nSPS) is 27.8. The minimum atomic E-state index is -2.02. The molecule has 0 radical (unpaired) electrons. The number of phenolic OH excluding ortho intramolecular Hbond substituents is 2. The average molecular weight is 614 g/mol. The Bertz CT molecular complexity index is 1460. The quantitative estimate of drug-likeness (QED) is 0.128. The first-order valence-corrected chi connectivity index (χ1v) is 14.9. The van der Waals surface area contributed by atoms with Crippen LogP contribution < -0.4 is 10.5 Å². The molecule has 12 heteroatoms. The number of benzene rings is 2. The Labute approximate surface area is 254 Å². The summed E-state index contributed by atoms with van der Waals surface area (Å²) in [6.07, 6.45) is -1.77. The molecule has 3 aliphatic rings. The number of Topliss-reactive ketones (excluding diaryl/α,β-unsaturated/α-hetero) is 1. The molecule has 6 N–H and O–H groups in total. The number of fused-ring (bicyclic) bond motifs is 3. The van der Waals surface area contributed by atoms with E-state index in [1.54, 1.807) is 6.92 Å². The van der Waals surface area contributed by atoms with Crippen LogP contribution in [-0.4, -0.2) is 81.3 Å². The minimum absolute atomic E-state index is 0.0387. The maximum atomic E-state index is 14.0. The monoisotopic (exact) mass is 613 g/mol. The molecule has 0 aromatic heterocycles. The molecule has 1 heterocycles. The molecule has 0 bridgehead atoms. The van der Waals surface area contributed by atoms with Gasteiger partial charge in [-0.25, -0.2) is 0 Å². The second-order valence-corrected chi connectivity index (χ2v) is 11.8. The van der Waals surface area contributed by atoms with Crippen molar-refractivity contribution in [3.8, 4) is 17.2 Å². The van der Waals surface area contributed by atoms with Gasteiger partial charge in [0, 0.05) is 42.0 Å². The van der Waals surface area contributed by atoms with E-state index < -0.39 is 82.6 Å². The van der Waals surface area contributed by atoms with Crippen LogP contribution in [0.1, 0.15) is 102 Å². The van der Waals surface area contributed by atoms with Crippen LogP contribution in [0.5, 0.6) is 17.2 Å². The predicted octanol–water partition coefficient (Wildman–Crippen LogP) is 2.56. The highest BCUT2D eigenvalue weighted by molar-refractivity contribution is 6.31. The molecule has 44 heavy (non-hydrogen) atoms. The van der Waals surface area contributed by atoms with E-state index in [4.69, 9.17) is 24.7 Å². The lowest BCUT2D eigenvalue weighted by Gasteiger charge is -2.42. The molecule has 238 valence electrons. The minimum Gasteiger partial charge on any atom is -0.507 e. The number of hydrogen-bond donors (Lipinski definition) is 5. The Balaban J connectivity index is 1.56. The lowest BCUT2D eigenvalue weighted by atomic mass is 9.72. The van der Waals surface area contributed by atoms with Gasteiger partial charge in [-0.15, -0.1) is 0 Å². The Morgan fingerprint density at radius 3 is 2.52 bits per heavy atom. The summed E-state index contributed by atoms with van der Waals surface area (Å²) in [4.78, 5) is 40.4. The predicted molar refractivity (Wildman–Crippen MR) is 155 cm³/mol. The summed E-state index contributed by atoms with van der Waals surface area (Å²) in [5, 5.41) is 44.7. The second-order valence-electron chi connectivity index (χ2n) is 11.8. The van der Waals surface area contributed by atoms with E-state index in [-0.39, 0.29) is 47.6 Å². The van der Waals surface area contributed by atoms with Gasteiger partial charge in [0.25, 0.3) is 0 Å². The molecule has 1 aliphatic heterocycles. The van der Waals surface area contributed by atoms with Crippen LogP contribution in [-0.2, 0) is 25.4 Å². The van der Waals surface area contributed by atoms with Gasteiger partial charge in [0.15, 0.2) is 24.6 Å². The number of unbranched alkanes of at least 4 members (excludes halogenated alkanes) is 2. The fourth-order valence-corrected chi connectivity index (χ4v) is 6.23. The van der Waals surface area contributed by atoms with Gasteiger partial charge in [-0.3, -0.25) is 14.4 Å². The third kappa shape index (κ3) is 5.62. The van der Waals surface area contributed by atoms with E-state index >= 15 is 0 Å². The van der Waals surface area contributed by atoms with Gasteiger partial charge in [0.05, 0.1) is 41.6 Å². The molecule has 12 nitrogen and oxygen atoms in total. The van der Waals surface area contributed by atoms with Gasteiger partial charge in [-0.2, -0.15) is 0 Å². The van der Waals surface area contributed by atoms with Gasteiger partial charge < -0.3 is 45.1 Å². The molecule has 2 aromatic rings. The van der Waals surface area contributed by atoms with E-state index in [2.05, 4.69) is 6.92 Å². The van der Waals surface area contributed by atoms with Crippen molar-refractivity contribution < 1.29 is 53.8 Å². The van der Waals surface area contributed by atoms with Gasteiger partial charge in [-0.1, -0.05) is 31.9 Å². The largest absolute Gasteiger partial charge is 0.507 e. The molecular weight excluding hydrogens is 574 g/mol. The van der Waals surface area contributed by atoms with Crippen LogP contribution in [0.25, 0.3) is 0 Å². The van der Waals surface area contributed by atoms with Crippen molar-refractivity contribution in [3.63, 3.8) is 0 Å². The van der Waals surface area contributed by atoms with Gasteiger partial charge in [0.2, 0.25) is 5.78 Å². The number of aliphatic hydroxyl groups is 2. The maximum absolute atomic E-state index is 14.0. The van der Waals surface area contributed by atoms with E-state index in [0.717, 1.165) is 19.3 Å². The van der Waals surface area contributed by atoms with Crippen LogP contribution in [0, 0.1) is 0 Å². The van der Waals surface area contributed by atoms with E-state index in [1.807, 2.05) is 0 Å². The van der Waals surface area contributed by atoms with Crippen LogP contribution >= 0.6 is 0 Å². The highest BCUT2D eigenvalue weighted by Crippen LogP contribution is 2.52. The number of aliphatic hydroxyl groups excluding tert-OH is 1. The first-order chi connectivity index (χ1) is 20.9. The molecule has 5 rings (SSSR count). The summed E-state index contributed by atoms with van der Waals surface area (Å²) in [6, 6.07) is 3.76. The van der Waals surface area contributed by atoms with Crippen molar-refractivity contribution in [2.75, 3.05) is 13.4 Å². The number of nitrogens with two attached hydrogens (primary N) is 1. The number of ether oxygens (including phenoxy) is 4. The smallest absolute Gasteiger partial charge is 0.202 e. The molecule has 1 saturated heterocycles. The fourth-order valence-electron chi connectivity index (χ4n) is 6.23. The van der Waals surface area contributed by atoms with E-state index in [0.29, 0.717) is 6.61 Å². The summed E-state index contributed by atoms with van der Waals surface area (Å²) in [7, 11) is 0. The van der Waals surface area contributed by atoms with Crippen molar-refractivity contribution >= 4 is 17.3 Å². The van der Waals surface area contributed by atoms with Crippen LogP contribution in [0.3, 0.4) is 0 Å². The average Bonchev–Trinajstić information content (AvgIpc) is 2.97. The van der Waals surface area contributed by atoms with Gasteiger partial charge in [-0.05, 0) is 26.3 Å². The number of rotatable bonds is 10. The van der Waals surface area contributed by atoms with Crippen molar-refractivity contribution in [3.05, 3.63) is 51.6 Å². The summed E-state index contributed by atoms with van der Waals surface area (Å²) in [5.41, 5.74) is 2.89. The number of phenols is 2. The number of carbonyl (C=O) groups excluding carboxylic acids is 3. The van der Waals surface area contributed by atoms with Crippen molar-refractivity contribution in [2.45, 2.75) is 95.5 Å².